The van der Waals surface area contributed by atoms with E-state index in [1.54, 1.807) is 36.5 Å². The highest BCUT2D eigenvalue weighted by Gasteiger charge is 2.26. The SMILES string of the molecule is CCOc1ccccc1N1CCN(C(=O)c2ccc(Nc3ncc4c(n3)-c3ccc(Cl)cc3C(c3c(F)cccc3F)=NC4)cc2)CC1. The Morgan fingerprint density at radius 2 is 1.67 bits per heavy atom. The molecule has 242 valence electrons. The second-order valence-corrected chi connectivity index (χ2v) is 11.8. The quantitative estimate of drug-likeness (QED) is 0.194. The van der Waals surface area contributed by atoms with Crippen LogP contribution in [0.15, 0.2) is 96.1 Å². The first kappa shape index (κ1) is 31.3. The smallest absolute Gasteiger partial charge is 0.253 e. The van der Waals surface area contributed by atoms with Crippen LogP contribution in [-0.4, -0.2) is 59.3 Å². The standard InChI is InChI=1S/C37H31ClF2N6O2/c1-2-48-32-9-4-3-8-31(32)45-16-18-46(19-17-45)36(47)23-10-13-26(14-11-23)43-37-42-22-24-21-41-35(33-29(39)6-5-7-30(33)40)28-20-25(38)12-15-27(28)34(24)44-37/h3-15,20,22H,2,16-19,21H2,1H3,(H,42,43,44). The van der Waals surface area contributed by atoms with Crippen LogP contribution in [0, 0.1) is 11.6 Å². The lowest BCUT2D eigenvalue weighted by molar-refractivity contribution is 0.0746. The lowest BCUT2D eigenvalue weighted by Crippen LogP contribution is -2.48. The molecule has 4 aromatic carbocycles. The first-order valence-electron chi connectivity index (χ1n) is 15.7. The fraction of sp³-hybridized carbons (Fsp3) is 0.189. The number of benzene rings is 4. The van der Waals surface area contributed by atoms with E-state index in [0.717, 1.165) is 11.4 Å². The number of aromatic nitrogens is 2. The van der Waals surface area contributed by atoms with Crippen molar-refractivity contribution in [1.29, 1.82) is 0 Å². The van der Waals surface area contributed by atoms with Gasteiger partial charge in [0.05, 0.1) is 35.8 Å². The van der Waals surface area contributed by atoms with Gasteiger partial charge in [-0.3, -0.25) is 9.79 Å². The molecule has 8 nitrogen and oxygen atoms in total. The van der Waals surface area contributed by atoms with E-state index in [2.05, 4.69) is 20.2 Å². The van der Waals surface area contributed by atoms with E-state index in [1.807, 2.05) is 48.2 Å². The Morgan fingerprint density at radius 1 is 0.917 bits per heavy atom. The number of nitrogens with zero attached hydrogens (tertiary/aromatic N) is 5. The highest BCUT2D eigenvalue weighted by molar-refractivity contribution is 6.31. The van der Waals surface area contributed by atoms with Crippen molar-refractivity contribution >= 4 is 40.5 Å². The van der Waals surface area contributed by atoms with Crippen LogP contribution in [0.3, 0.4) is 0 Å². The van der Waals surface area contributed by atoms with Crippen molar-refractivity contribution in [1.82, 2.24) is 14.9 Å². The van der Waals surface area contributed by atoms with Gasteiger partial charge >= 0.3 is 0 Å². The Labute approximate surface area is 281 Å². The molecule has 1 N–H and O–H groups in total. The van der Waals surface area contributed by atoms with Crippen LogP contribution >= 0.6 is 11.6 Å². The third-order valence-electron chi connectivity index (χ3n) is 8.42. The number of halogens is 3. The minimum absolute atomic E-state index is 0.0297. The Kier molecular flexibility index (Phi) is 8.73. The number of carbonyl (C=O) groups is 1. The number of hydrogen-bond acceptors (Lipinski definition) is 7. The highest BCUT2D eigenvalue weighted by Crippen LogP contribution is 2.35. The molecule has 2 aliphatic rings. The predicted octanol–water partition coefficient (Wildman–Crippen LogP) is 7.53. The first-order chi connectivity index (χ1) is 23.4. The number of rotatable bonds is 7. The number of piperazine rings is 1. The maximum absolute atomic E-state index is 14.9. The average molecular weight is 665 g/mol. The van der Waals surface area contributed by atoms with E-state index in [-0.39, 0.29) is 23.7 Å². The molecular formula is C37H31ClF2N6O2. The van der Waals surface area contributed by atoms with Crippen LogP contribution in [-0.2, 0) is 6.54 Å². The lowest BCUT2D eigenvalue weighted by Gasteiger charge is -2.36. The van der Waals surface area contributed by atoms with Gasteiger partial charge in [0, 0.05) is 65.3 Å². The molecule has 0 spiro atoms. The molecule has 48 heavy (non-hydrogen) atoms. The molecule has 7 rings (SSSR count). The van der Waals surface area contributed by atoms with Gasteiger partial charge in [-0.2, -0.15) is 0 Å². The van der Waals surface area contributed by atoms with Crippen molar-refractivity contribution in [3.8, 4) is 17.0 Å². The summed E-state index contributed by atoms with van der Waals surface area (Å²) in [7, 11) is 0. The molecule has 0 bridgehead atoms. The zero-order valence-electron chi connectivity index (χ0n) is 26.1. The maximum Gasteiger partial charge on any atom is 0.253 e. The predicted molar refractivity (Wildman–Crippen MR) is 184 cm³/mol. The second kappa shape index (κ2) is 13.4. The monoisotopic (exact) mass is 664 g/mol. The highest BCUT2D eigenvalue weighted by atomic mass is 35.5. The molecule has 1 fully saturated rings. The zero-order chi connectivity index (χ0) is 33.2. The van der Waals surface area contributed by atoms with Crippen molar-refractivity contribution in [3.63, 3.8) is 0 Å². The summed E-state index contributed by atoms with van der Waals surface area (Å²) in [5, 5.41) is 3.61. The summed E-state index contributed by atoms with van der Waals surface area (Å²) in [6.45, 7) is 5.31. The largest absolute Gasteiger partial charge is 0.492 e. The van der Waals surface area contributed by atoms with Crippen molar-refractivity contribution < 1.29 is 18.3 Å². The molecule has 1 aromatic heterocycles. The van der Waals surface area contributed by atoms with Gasteiger partial charge in [0.15, 0.2) is 0 Å². The summed E-state index contributed by atoms with van der Waals surface area (Å²) in [4.78, 5) is 31.3. The van der Waals surface area contributed by atoms with Gasteiger partial charge < -0.3 is 19.9 Å². The fourth-order valence-corrected chi connectivity index (χ4v) is 6.25. The van der Waals surface area contributed by atoms with Crippen LogP contribution < -0.4 is 15.0 Å². The molecular weight excluding hydrogens is 634 g/mol. The van der Waals surface area contributed by atoms with E-state index < -0.39 is 11.6 Å². The average Bonchev–Trinajstić information content (AvgIpc) is 3.25. The van der Waals surface area contributed by atoms with Crippen LogP contribution in [0.2, 0.25) is 5.02 Å². The molecule has 0 radical (unpaired) electrons. The fourth-order valence-electron chi connectivity index (χ4n) is 6.08. The number of carbonyl (C=O) groups excluding carboxylic acids is 1. The Hall–Kier alpha value is -5.35. The molecule has 0 atom stereocenters. The van der Waals surface area contributed by atoms with Gasteiger partial charge in [-0.1, -0.05) is 35.9 Å². The number of fused-ring (bicyclic) bond motifs is 3. The molecule has 1 saturated heterocycles. The Morgan fingerprint density at radius 3 is 2.42 bits per heavy atom. The van der Waals surface area contributed by atoms with E-state index >= 15 is 0 Å². The summed E-state index contributed by atoms with van der Waals surface area (Å²) in [5.41, 5.74) is 4.62. The van der Waals surface area contributed by atoms with Crippen molar-refractivity contribution in [2.24, 2.45) is 4.99 Å². The maximum atomic E-state index is 14.9. The first-order valence-corrected chi connectivity index (χ1v) is 16.1. The van der Waals surface area contributed by atoms with E-state index in [0.29, 0.717) is 77.4 Å². The summed E-state index contributed by atoms with van der Waals surface area (Å²) in [6, 6.07) is 24.0. The Bertz CT molecular complexity index is 2010. The molecule has 3 heterocycles. The van der Waals surface area contributed by atoms with Crippen LogP contribution in [0.25, 0.3) is 11.3 Å². The molecule has 0 unspecified atom stereocenters. The molecule has 1 amide bonds. The minimum atomic E-state index is -0.716. The third kappa shape index (κ3) is 6.18. The van der Waals surface area contributed by atoms with E-state index in [9.17, 15) is 13.6 Å². The summed E-state index contributed by atoms with van der Waals surface area (Å²) in [5.74, 6) is -0.292. The second-order valence-electron chi connectivity index (χ2n) is 11.4. The van der Waals surface area contributed by atoms with Gasteiger partial charge in [-0.15, -0.1) is 0 Å². The minimum Gasteiger partial charge on any atom is -0.492 e. The molecule has 0 saturated carbocycles. The number of anilines is 3. The lowest BCUT2D eigenvalue weighted by atomic mass is 9.95. The molecule has 0 aliphatic carbocycles. The number of aliphatic imine (C=N–C) groups is 1. The molecule has 2 aliphatic heterocycles. The van der Waals surface area contributed by atoms with Gasteiger partial charge in [-0.05, 0) is 67.6 Å². The third-order valence-corrected chi connectivity index (χ3v) is 8.66. The van der Waals surface area contributed by atoms with E-state index in [4.69, 9.17) is 21.3 Å². The number of amides is 1. The summed E-state index contributed by atoms with van der Waals surface area (Å²) in [6.07, 6.45) is 1.65. The topological polar surface area (TPSA) is 83.0 Å². The van der Waals surface area contributed by atoms with E-state index in [1.165, 1.54) is 18.2 Å². The van der Waals surface area contributed by atoms with Crippen LogP contribution in [0.4, 0.5) is 26.1 Å². The molecule has 11 heteroatoms. The van der Waals surface area contributed by atoms with Gasteiger partial charge in [0.1, 0.15) is 17.4 Å². The van der Waals surface area contributed by atoms with Crippen LogP contribution in [0.1, 0.15) is 34.0 Å². The van der Waals surface area contributed by atoms with Gasteiger partial charge in [0.25, 0.3) is 5.91 Å². The summed E-state index contributed by atoms with van der Waals surface area (Å²) >= 11 is 6.34. The van der Waals surface area contributed by atoms with Crippen LogP contribution in [0.5, 0.6) is 5.75 Å². The molecule has 5 aromatic rings. The number of ether oxygens (including phenoxy) is 1. The number of nitrogens with one attached hydrogen (secondary N) is 1. The number of hydrogen-bond donors (Lipinski definition) is 1. The van der Waals surface area contributed by atoms with Gasteiger partial charge in [0.2, 0.25) is 5.95 Å². The van der Waals surface area contributed by atoms with Crippen molar-refractivity contribution in [3.05, 3.63) is 130 Å². The Balaban J connectivity index is 1.07. The zero-order valence-corrected chi connectivity index (χ0v) is 26.8. The normalized spacial score (nSPS) is 14.0. The number of para-hydroxylation sites is 2. The van der Waals surface area contributed by atoms with Crippen molar-refractivity contribution in [2.45, 2.75) is 13.5 Å². The van der Waals surface area contributed by atoms with Crippen molar-refractivity contribution in [2.75, 3.05) is 43.0 Å². The summed E-state index contributed by atoms with van der Waals surface area (Å²) < 4.78 is 35.6. The van der Waals surface area contributed by atoms with Gasteiger partial charge in [-0.25, -0.2) is 18.7 Å².